The third-order valence-corrected chi connectivity index (χ3v) is 5.38. The monoisotopic (exact) mass is 296 g/mol. The predicted molar refractivity (Wildman–Crippen MR) is 89.7 cm³/mol. The van der Waals surface area contributed by atoms with E-state index < -0.39 is 0 Å². The standard InChI is InChI=1S/C18H36N2O/c1-6-9-19-16-8-7-15(14(2)3)12-17(16)20-10-11-21-18(4,5)13-20/h14-17,19H,6-13H2,1-5H3. The fourth-order valence-corrected chi connectivity index (χ4v) is 4.09. The van der Waals surface area contributed by atoms with E-state index in [0.717, 1.165) is 38.1 Å². The molecule has 2 fully saturated rings. The van der Waals surface area contributed by atoms with E-state index in [4.69, 9.17) is 4.74 Å². The average Bonchev–Trinajstić information content (AvgIpc) is 2.43. The first-order valence-electron chi connectivity index (χ1n) is 9.04. The minimum Gasteiger partial charge on any atom is -0.373 e. The lowest BCUT2D eigenvalue weighted by Gasteiger charge is -2.48. The molecule has 3 atom stereocenters. The van der Waals surface area contributed by atoms with Crippen LogP contribution in [0.4, 0.5) is 0 Å². The number of ether oxygens (including phenoxy) is 1. The van der Waals surface area contributed by atoms with E-state index in [1.807, 2.05) is 0 Å². The predicted octanol–water partition coefficient (Wildman–Crippen LogP) is 3.29. The van der Waals surface area contributed by atoms with E-state index in [2.05, 4.69) is 44.8 Å². The normalized spacial score (nSPS) is 34.3. The number of morpholine rings is 1. The topological polar surface area (TPSA) is 24.5 Å². The van der Waals surface area contributed by atoms with Crippen LogP contribution in [-0.2, 0) is 4.74 Å². The van der Waals surface area contributed by atoms with Crippen molar-refractivity contribution in [2.45, 2.75) is 78.0 Å². The van der Waals surface area contributed by atoms with Crippen LogP contribution in [0.3, 0.4) is 0 Å². The SMILES string of the molecule is CCCNC1CCC(C(C)C)CC1N1CCOC(C)(C)C1. The van der Waals surface area contributed by atoms with Crippen molar-refractivity contribution >= 4 is 0 Å². The van der Waals surface area contributed by atoms with Crippen LogP contribution in [0.1, 0.15) is 60.3 Å². The number of hydrogen-bond acceptors (Lipinski definition) is 3. The fourth-order valence-electron chi connectivity index (χ4n) is 4.09. The van der Waals surface area contributed by atoms with Gasteiger partial charge in [0, 0.05) is 25.2 Å². The zero-order valence-electron chi connectivity index (χ0n) is 14.8. The zero-order chi connectivity index (χ0) is 15.5. The Hall–Kier alpha value is -0.120. The molecule has 2 aliphatic rings. The van der Waals surface area contributed by atoms with E-state index in [-0.39, 0.29) is 5.60 Å². The first-order chi connectivity index (χ1) is 9.93. The van der Waals surface area contributed by atoms with Gasteiger partial charge in [-0.05, 0) is 57.9 Å². The lowest BCUT2D eigenvalue weighted by atomic mass is 9.76. The van der Waals surface area contributed by atoms with Gasteiger partial charge in [-0.25, -0.2) is 0 Å². The second-order valence-electron chi connectivity index (χ2n) is 8.02. The number of nitrogens with zero attached hydrogens (tertiary/aromatic N) is 1. The summed E-state index contributed by atoms with van der Waals surface area (Å²) in [6, 6.07) is 1.37. The van der Waals surface area contributed by atoms with Gasteiger partial charge in [0.05, 0.1) is 12.2 Å². The Kier molecular flexibility index (Phi) is 6.10. The van der Waals surface area contributed by atoms with Crippen molar-refractivity contribution in [3.63, 3.8) is 0 Å². The summed E-state index contributed by atoms with van der Waals surface area (Å²) in [4.78, 5) is 2.71. The molecule has 1 N–H and O–H groups in total. The third kappa shape index (κ3) is 4.67. The zero-order valence-corrected chi connectivity index (χ0v) is 14.8. The third-order valence-electron chi connectivity index (χ3n) is 5.38. The fraction of sp³-hybridized carbons (Fsp3) is 1.00. The summed E-state index contributed by atoms with van der Waals surface area (Å²) in [5.74, 6) is 1.70. The molecule has 1 saturated carbocycles. The molecule has 1 saturated heterocycles. The van der Waals surface area contributed by atoms with Crippen LogP contribution in [0.25, 0.3) is 0 Å². The van der Waals surface area contributed by atoms with Gasteiger partial charge in [-0.15, -0.1) is 0 Å². The van der Waals surface area contributed by atoms with Crippen molar-refractivity contribution in [3.05, 3.63) is 0 Å². The van der Waals surface area contributed by atoms with Gasteiger partial charge in [0.15, 0.2) is 0 Å². The molecule has 3 nitrogen and oxygen atoms in total. The molecule has 3 unspecified atom stereocenters. The molecule has 0 amide bonds. The van der Waals surface area contributed by atoms with Crippen molar-refractivity contribution in [2.24, 2.45) is 11.8 Å². The molecule has 1 heterocycles. The van der Waals surface area contributed by atoms with Crippen molar-refractivity contribution in [1.29, 1.82) is 0 Å². The minimum atomic E-state index is 0.0122. The van der Waals surface area contributed by atoms with E-state index in [1.54, 1.807) is 0 Å². The second kappa shape index (κ2) is 7.43. The number of nitrogens with one attached hydrogen (secondary N) is 1. The molecule has 0 aromatic rings. The quantitative estimate of drug-likeness (QED) is 0.842. The maximum absolute atomic E-state index is 5.91. The Bertz CT molecular complexity index is 316. The molecule has 1 aliphatic carbocycles. The Morgan fingerprint density at radius 3 is 2.67 bits per heavy atom. The van der Waals surface area contributed by atoms with Gasteiger partial charge in [0.25, 0.3) is 0 Å². The molecule has 0 radical (unpaired) electrons. The highest BCUT2D eigenvalue weighted by molar-refractivity contribution is 4.94. The Balaban J connectivity index is 2.04. The second-order valence-corrected chi connectivity index (χ2v) is 8.02. The van der Waals surface area contributed by atoms with Crippen molar-refractivity contribution in [2.75, 3.05) is 26.2 Å². The van der Waals surface area contributed by atoms with Gasteiger partial charge in [0.2, 0.25) is 0 Å². The van der Waals surface area contributed by atoms with Gasteiger partial charge >= 0.3 is 0 Å². The maximum atomic E-state index is 5.91. The van der Waals surface area contributed by atoms with E-state index in [1.165, 1.54) is 25.7 Å². The summed E-state index contributed by atoms with van der Waals surface area (Å²) < 4.78 is 5.91. The summed E-state index contributed by atoms with van der Waals surface area (Å²) in [6.45, 7) is 15.7. The Morgan fingerprint density at radius 1 is 1.29 bits per heavy atom. The van der Waals surface area contributed by atoms with Crippen LogP contribution in [0.5, 0.6) is 0 Å². The molecule has 0 spiro atoms. The first-order valence-corrected chi connectivity index (χ1v) is 9.04. The van der Waals surface area contributed by atoms with Gasteiger partial charge in [-0.1, -0.05) is 20.8 Å². The maximum Gasteiger partial charge on any atom is 0.0753 e. The lowest BCUT2D eigenvalue weighted by molar-refractivity contribution is -0.107. The highest BCUT2D eigenvalue weighted by Crippen LogP contribution is 2.34. The Labute approximate surface area is 131 Å². The van der Waals surface area contributed by atoms with Crippen molar-refractivity contribution in [3.8, 4) is 0 Å². The number of rotatable bonds is 5. The van der Waals surface area contributed by atoms with Crippen LogP contribution in [-0.4, -0.2) is 48.8 Å². The summed E-state index contributed by atoms with van der Waals surface area (Å²) in [5.41, 5.74) is 0.0122. The molecule has 0 aromatic carbocycles. The van der Waals surface area contributed by atoms with Crippen molar-refractivity contribution < 1.29 is 4.74 Å². The van der Waals surface area contributed by atoms with Crippen LogP contribution in [0.2, 0.25) is 0 Å². The van der Waals surface area contributed by atoms with Gasteiger partial charge in [-0.2, -0.15) is 0 Å². The molecule has 124 valence electrons. The molecule has 2 rings (SSSR count). The highest BCUT2D eigenvalue weighted by Gasteiger charge is 2.38. The van der Waals surface area contributed by atoms with Crippen LogP contribution < -0.4 is 5.32 Å². The molecular formula is C18H36N2O. The van der Waals surface area contributed by atoms with Gasteiger partial charge < -0.3 is 10.1 Å². The molecule has 21 heavy (non-hydrogen) atoms. The molecular weight excluding hydrogens is 260 g/mol. The van der Waals surface area contributed by atoms with E-state index >= 15 is 0 Å². The largest absolute Gasteiger partial charge is 0.373 e. The lowest BCUT2D eigenvalue weighted by Crippen LogP contribution is -2.60. The molecule has 0 aromatic heterocycles. The van der Waals surface area contributed by atoms with Crippen molar-refractivity contribution in [1.82, 2.24) is 10.2 Å². The van der Waals surface area contributed by atoms with Crippen LogP contribution in [0.15, 0.2) is 0 Å². The molecule has 3 heteroatoms. The highest BCUT2D eigenvalue weighted by atomic mass is 16.5. The number of hydrogen-bond donors (Lipinski definition) is 1. The molecule has 0 bridgehead atoms. The van der Waals surface area contributed by atoms with Crippen LogP contribution in [0, 0.1) is 11.8 Å². The van der Waals surface area contributed by atoms with Gasteiger partial charge in [-0.3, -0.25) is 4.90 Å². The Morgan fingerprint density at radius 2 is 2.05 bits per heavy atom. The summed E-state index contributed by atoms with van der Waals surface area (Å²) in [6.07, 6.45) is 5.31. The minimum absolute atomic E-state index is 0.0122. The summed E-state index contributed by atoms with van der Waals surface area (Å²) in [5, 5.41) is 3.82. The first kappa shape index (κ1) is 17.2. The summed E-state index contributed by atoms with van der Waals surface area (Å²) in [7, 11) is 0. The van der Waals surface area contributed by atoms with Gasteiger partial charge in [0.1, 0.15) is 0 Å². The average molecular weight is 296 g/mol. The van der Waals surface area contributed by atoms with Crippen LogP contribution >= 0.6 is 0 Å². The smallest absolute Gasteiger partial charge is 0.0753 e. The molecule has 1 aliphatic heterocycles. The summed E-state index contributed by atoms with van der Waals surface area (Å²) >= 11 is 0. The van der Waals surface area contributed by atoms with E-state index in [0.29, 0.717) is 12.1 Å². The van der Waals surface area contributed by atoms with E-state index in [9.17, 15) is 0 Å².